The Labute approximate surface area is 119 Å². The summed E-state index contributed by atoms with van der Waals surface area (Å²) in [5.74, 6) is -0.147. The van der Waals surface area contributed by atoms with Crippen molar-refractivity contribution in [1.29, 1.82) is 0 Å². The van der Waals surface area contributed by atoms with E-state index in [0.29, 0.717) is 0 Å². The molecule has 0 aliphatic heterocycles. The molecular formula is C13H20N4O2S. The molecule has 1 heterocycles. The summed E-state index contributed by atoms with van der Waals surface area (Å²) >= 11 is 0. The average molecular weight is 296 g/mol. The molecule has 0 fully saturated rings. The van der Waals surface area contributed by atoms with Crippen LogP contribution in [-0.4, -0.2) is 28.0 Å². The minimum atomic E-state index is -2.59. The molecule has 0 bridgehead atoms. The van der Waals surface area contributed by atoms with Crippen LogP contribution in [0, 0.1) is 6.92 Å². The number of nitrogens with two attached hydrogens (primary N) is 1. The second-order valence-corrected chi connectivity index (χ2v) is 6.97. The van der Waals surface area contributed by atoms with E-state index in [1.807, 2.05) is 26.0 Å². The van der Waals surface area contributed by atoms with E-state index in [0.717, 1.165) is 11.3 Å². The molecule has 1 aromatic heterocycles. The molecule has 0 saturated carbocycles. The summed E-state index contributed by atoms with van der Waals surface area (Å²) < 4.78 is 16.5. The van der Waals surface area contributed by atoms with Crippen LogP contribution in [0.25, 0.3) is 0 Å². The molecule has 0 saturated heterocycles. The highest BCUT2D eigenvalue weighted by Crippen LogP contribution is 2.22. The van der Waals surface area contributed by atoms with Crippen molar-refractivity contribution in [1.82, 2.24) is 4.98 Å². The highest BCUT2D eigenvalue weighted by atomic mass is 32.2. The standard InChI is InChI=1S/C13H20N4O2S/c1-5-8-19-16-13(14)17-20(4,18)11(3)12-7-6-10(2)15-9-12/h5-7,9,11H,1,8H2,2-4H3,(H2,14,16). The Morgan fingerprint density at radius 2 is 2.35 bits per heavy atom. The van der Waals surface area contributed by atoms with E-state index >= 15 is 0 Å². The predicted molar refractivity (Wildman–Crippen MR) is 81.7 cm³/mol. The lowest BCUT2D eigenvalue weighted by Gasteiger charge is -2.13. The molecule has 7 heteroatoms. The van der Waals surface area contributed by atoms with E-state index in [4.69, 9.17) is 10.6 Å². The Balaban J connectivity index is 2.96. The second-order valence-electron chi connectivity index (χ2n) is 4.36. The molecule has 0 aliphatic carbocycles. The topological polar surface area (TPSA) is 89.9 Å². The maximum Gasteiger partial charge on any atom is 0.265 e. The Kier molecular flexibility index (Phi) is 5.69. The third kappa shape index (κ3) is 4.65. The summed E-state index contributed by atoms with van der Waals surface area (Å²) in [5, 5.41) is 3.24. The Bertz CT molecular complexity index is 601. The first-order chi connectivity index (χ1) is 9.36. The Hall–Kier alpha value is -1.89. The lowest BCUT2D eigenvalue weighted by molar-refractivity contribution is 0.174. The molecule has 2 unspecified atom stereocenters. The fraction of sp³-hybridized carbons (Fsp3) is 0.385. The van der Waals surface area contributed by atoms with Gasteiger partial charge in [0.25, 0.3) is 5.96 Å². The second kappa shape index (κ2) is 7.04. The van der Waals surface area contributed by atoms with Gasteiger partial charge < -0.3 is 10.6 Å². The Morgan fingerprint density at radius 3 is 2.90 bits per heavy atom. The van der Waals surface area contributed by atoms with Gasteiger partial charge in [-0.05, 0) is 30.6 Å². The monoisotopic (exact) mass is 296 g/mol. The van der Waals surface area contributed by atoms with Gasteiger partial charge in [-0.1, -0.05) is 18.7 Å². The molecule has 0 amide bonds. The normalized spacial score (nSPS) is 16.1. The van der Waals surface area contributed by atoms with E-state index in [1.165, 1.54) is 12.3 Å². The third-order valence-corrected chi connectivity index (χ3v) is 4.82. The molecule has 2 N–H and O–H groups in total. The minimum absolute atomic E-state index is 0.147. The fourth-order valence-electron chi connectivity index (χ4n) is 1.41. The van der Waals surface area contributed by atoms with Crippen molar-refractivity contribution in [3.63, 3.8) is 0 Å². The van der Waals surface area contributed by atoms with Crippen LogP contribution < -0.4 is 5.73 Å². The van der Waals surface area contributed by atoms with E-state index in [-0.39, 0.29) is 17.8 Å². The number of hydrogen-bond donors (Lipinski definition) is 1. The molecule has 0 spiro atoms. The van der Waals surface area contributed by atoms with Crippen LogP contribution in [0.15, 0.2) is 40.5 Å². The van der Waals surface area contributed by atoms with Gasteiger partial charge in [-0.25, -0.2) is 4.21 Å². The van der Waals surface area contributed by atoms with Crippen molar-refractivity contribution >= 4 is 15.7 Å². The van der Waals surface area contributed by atoms with Crippen LogP contribution in [0.3, 0.4) is 0 Å². The van der Waals surface area contributed by atoms with Crippen molar-refractivity contribution in [3.8, 4) is 0 Å². The molecule has 0 aliphatic rings. The van der Waals surface area contributed by atoms with Crippen LogP contribution >= 0.6 is 0 Å². The van der Waals surface area contributed by atoms with E-state index in [9.17, 15) is 4.21 Å². The average Bonchev–Trinajstić information content (AvgIpc) is 2.38. The number of aryl methyl sites for hydroxylation is 1. The smallest absolute Gasteiger partial charge is 0.265 e. The van der Waals surface area contributed by atoms with Crippen molar-refractivity contribution in [2.24, 2.45) is 15.3 Å². The van der Waals surface area contributed by atoms with Crippen LogP contribution in [0.4, 0.5) is 0 Å². The van der Waals surface area contributed by atoms with Crippen LogP contribution in [-0.2, 0) is 14.6 Å². The molecule has 6 nitrogen and oxygen atoms in total. The van der Waals surface area contributed by atoms with E-state index in [2.05, 4.69) is 21.1 Å². The molecule has 0 aromatic carbocycles. The third-order valence-electron chi connectivity index (χ3n) is 2.68. The van der Waals surface area contributed by atoms with Crippen LogP contribution in [0.2, 0.25) is 0 Å². The number of nitrogens with zero attached hydrogens (tertiary/aromatic N) is 3. The molecule has 1 rings (SSSR count). The first kappa shape index (κ1) is 16.2. The number of pyridine rings is 1. The quantitative estimate of drug-likeness (QED) is 0.296. The van der Waals surface area contributed by atoms with Gasteiger partial charge in [-0.3, -0.25) is 4.98 Å². The molecule has 1 aromatic rings. The van der Waals surface area contributed by atoms with Crippen molar-refractivity contribution in [2.75, 3.05) is 12.9 Å². The SMILES string of the molecule is C=CCO/N=C(\N)N=S(C)(=O)C(C)c1ccc(C)nc1. The predicted octanol–water partition coefficient (Wildman–Crippen LogP) is 1.98. The number of oxime groups is 1. The van der Waals surface area contributed by atoms with Gasteiger partial charge in [0.15, 0.2) is 0 Å². The zero-order valence-corrected chi connectivity index (χ0v) is 12.8. The summed E-state index contributed by atoms with van der Waals surface area (Å²) in [6.45, 7) is 7.41. The number of guanidine groups is 1. The fourth-order valence-corrected chi connectivity index (χ4v) is 2.62. The lowest BCUT2D eigenvalue weighted by Crippen LogP contribution is -2.16. The summed E-state index contributed by atoms with van der Waals surface area (Å²) in [7, 11) is -2.59. The first-order valence-electron chi connectivity index (χ1n) is 6.06. The zero-order chi connectivity index (χ0) is 15.2. The number of aromatic nitrogens is 1. The van der Waals surface area contributed by atoms with Gasteiger partial charge in [-0.2, -0.15) is 4.36 Å². The van der Waals surface area contributed by atoms with Crippen molar-refractivity contribution < 1.29 is 9.05 Å². The molecule has 110 valence electrons. The minimum Gasteiger partial charge on any atom is -0.389 e. The molecule has 20 heavy (non-hydrogen) atoms. The maximum absolute atomic E-state index is 12.6. The van der Waals surface area contributed by atoms with E-state index in [1.54, 1.807) is 6.20 Å². The summed E-state index contributed by atoms with van der Waals surface area (Å²) in [4.78, 5) is 8.99. The zero-order valence-electron chi connectivity index (χ0n) is 11.9. The molecule has 0 radical (unpaired) electrons. The first-order valence-corrected chi connectivity index (χ1v) is 8.05. The van der Waals surface area contributed by atoms with Crippen LogP contribution in [0.5, 0.6) is 0 Å². The Morgan fingerprint density at radius 1 is 1.65 bits per heavy atom. The van der Waals surface area contributed by atoms with Gasteiger partial charge in [0.05, 0.1) is 15.0 Å². The highest BCUT2D eigenvalue weighted by Gasteiger charge is 2.17. The summed E-state index contributed by atoms with van der Waals surface area (Å²) in [5.41, 5.74) is 7.31. The van der Waals surface area contributed by atoms with Crippen molar-refractivity contribution in [2.45, 2.75) is 19.1 Å². The number of hydrogen-bond acceptors (Lipinski definition) is 4. The van der Waals surface area contributed by atoms with Gasteiger partial charge in [0, 0.05) is 18.1 Å². The van der Waals surface area contributed by atoms with Gasteiger partial charge in [-0.15, -0.1) is 0 Å². The van der Waals surface area contributed by atoms with Crippen LogP contribution in [0.1, 0.15) is 23.4 Å². The summed E-state index contributed by atoms with van der Waals surface area (Å²) in [6.07, 6.45) is 4.76. The summed E-state index contributed by atoms with van der Waals surface area (Å²) in [6, 6.07) is 3.75. The largest absolute Gasteiger partial charge is 0.389 e. The van der Waals surface area contributed by atoms with E-state index < -0.39 is 9.73 Å². The maximum atomic E-state index is 12.6. The number of rotatable bonds is 5. The molecular weight excluding hydrogens is 276 g/mol. The lowest BCUT2D eigenvalue weighted by atomic mass is 10.2. The van der Waals surface area contributed by atoms with Gasteiger partial charge >= 0.3 is 0 Å². The van der Waals surface area contributed by atoms with Gasteiger partial charge in [0.2, 0.25) is 0 Å². The highest BCUT2D eigenvalue weighted by molar-refractivity contribution is 7.93. The van der Waals surface area contributed by atoms with Gasteiger partial charge in [0.1, 0.15) is 6.61 Å². The molecule has 2 atom stereocenters. The van der Waals surface area contributed by atoms with Crippen molar-refractivity contribution in [3.05, 3.63) is 42.2 Å².